The maximum Gasteiger partial charge on any atom is 0.335 e. The molecule has 0 unspecified atom stereocenters. The number of hydrogen-bond donors (Lipinski definition) is 1. The fourth-order valence-corrected chi connectivity index (χ4v) is 2.35. The molecule has 0 spiro atoms. The lowest BCUT2D eigenvalue weighted by atomic mass is 10.2. The van der Waals surface area contributed by atoms with Crippen molar-refractivity contribution in [3.63, 3.8) is 0 Å². The van der Waals surface area contributed by atoms with Crippen LogP contribution in [0.3, 0.4) is 0 Å². The Morgan fingerprint density at radius 3 is 1.42 bits per heavy atom. The van der Waals surface area contributed by atoms with E-state index in [1.54, 1.807) is 0 Å². The van der Waals surface area contributed by atoms with Gasteiger partial charge in [0.05, 0.1) is 84.7 Å². The summed E-state index contributed by atoms with van der Waals surface area (Å²) < 4.78 is 37.3. The zero-order chi connectivity index (χ0) is 24.0. The van der Waals surface area contributed by atoms with E-state index >= 15 is 0 Å². The van der Waals surface area contributed by atoms with Crippen LogP contribution >= 0.6 is 0 Å². The van der Waals surface area contributed by atoms with Crippen LogP contribution in [0.25, 0.3) is 0 Å². The predicted molar refractivity (Wildman–Crippen MR) is 119 cm³/mol. The molecule has 0 radical (unpaired) electrons. The molecule has 1 N–H and O–H groups in total. The second-order valence-corrected chi connectivity index (χ2v) is 6.73. The van der Waals surface area contributed by atoms with Gasteiger partial charge in [-0.1, -0.05) is 6.92 Å². The summed E-state index contributed by atoms with van der Waals surface area (Å²) in [7, 11) is 0. The molecule has 0 saturated heterocycles. The van der Waals surface area contributed by atoms with Crippen LogP contribution in [0.5, 0.6) is 5.75 Å². The van der Waals surface area contributed by atoms with Gasteiger partial charge in [-0.05, 0) is 30.7 Å². The lowest BCUT2D eigenvalue weighted by Crippen LogP contribution is -2.15. The van der Waals surface area contributed by atoms with Gasteiger partial charge in [0, 0.05) is 6.61 Å². The van der Waals surface area contributed by atoms with Crippen molar-refractivity contribution in [2.45, 2.75) is 19.8 Å². The van der Waals surface area contributed by atoms with Gasteiger partial charge >= 0.3 is 11.9 Å². The molecule has 0 fully saturated rings. The monoisotopic (exact) mass is 472 g/mol. The summed E-state index contributed by atoms with van der Waals surface area (Å²) in [6.07, 6.45) is 1.10. The van der Waals surface area contributed by atoms with Gasteiger partial charge in [-0.3, -0.25) is 4.79 Å². The SMILES string of the molecule is CCCOCCOCCOCCOCCOCCOCCC(=O)Oc1ccc(C(=O)O)cc1. The van der Waals surface area contributed by atoms with E-state index < -0.39 is 11.9 Å². The highest BCUT2D eigenvalue weighted by atomic mass is 16.6. The summed E-state index contributed by atoms with van der Waals surface area (Å²) >= 11 is 0. The Balaban J connectivity index is 1.80. The summed E-state index contributed by atoms with van der Waals surface area (Å²) in [5.74, 6) is -1.20. The van der Waals surface area contributed by atoms with Gasteiger partial charge in [-0.25, -0.2) is 4.79 Å². The average molecular weight is 473 g/mol. The second-order valence-electron chi connectivity index (χ2n) is 6.73. The third-order valence-corrected chi connectivity index (χ3v) is 3.99. The van der Waals surface area contributed by atoms with E-state index in [0.717, 1.165) is 13.0 Å². The van der Waals surface area contributed by atoms with Crippen LogP contribution in [0, 0.1) is 0 Å². The standard InChI is InChI=1S/C23H36O10/c1-2-8-27-10-12-29-14-16-31-18-19-32-17-15-30-13-11-28-9-7-22(24)33-21-5-3-20(4-6-21)23(25)26/h3-6H,2,7-19H2,1H3,(H,25,26). The molecular weight excluding hydrogens is 436 g/mol. The number of carbonyl (C=O) groups is 2. The Labute approximate surface area is 195 Å². The Morgan fingerprint density at radius 2 is 1.03 bits per heavy atom. The number of aromatic carboxylic acids is 1. The van der Waals surface area contributed by atoms with E-state index in [-0.39, 0.29) is 18.6 Å². The van der Waals surface area contributed by atoms with E-state index in [2.05, 4.69) is 6.92 Å². The van der Waals surface area contributed by atoms with E-state index in [0.29, 0.717) is 71.8 Å². The Morgan fingerprint density at radius 1 is 0.636 bits per heavy atom. The molecule has 0 aliphatic carbocycles. The topological polar surface area (TPSA) is 119 Å². The zero-order valence-electron chi connectivity index (χ0n) is 19.3. The third-order valence-electron chi connectivity index (χ3n) is 3.99. The molecule has 10 nitrogen and oxygen atoms in total. The fourth-order valence-electron chi connectivity index (χ4n) is 2.35. The first-order valence-electron chi connectivity index (χ1n) is 11.1. The van der Waals surface area contributed by atoms with Crippen LogP contribution in [0.15, 0.2) is 24.3 Å². The van der Waals surface area contributed by atoms with E-state index in [1.165, 1.54) is 24.3 Å². The van der Waals surface area contributed by atoms with Crippen LogP contribution in [-0.2, 0) is 33.2 Å². The van der Waals surface area contributed by atoms with Crippen molar-refractivity contribution in [1.29, 1.82) is 0 Å². The first-order chi connectivity index (χ1) is 16.1. The number of ether oxygens (including phenoxy) is 7. The van der Waals surface area contributed by atoms with Crippen LogP contribution in [0.1, 0.15) is 30.1 Å². The average Bonchev–Trinajstić information content (AvgIpc) is 2.81. The third kappa shape index (κ3) is 17.1. The number of benzene rings is 1. The molecule has 188 valence electrons. The summed E-state index contributed by atoms with van der Waals surface area (Å²) in [5.41, 5.74) is 0.127. The Kier molecular flexibility index (Phi) is 18.0. The highest BCUT2D eigenvalue weighted by Crippen LogP contribution is 2.12. The maximum atomic E-state index is 11.7. The van der Waals surface area contributed by atoms with Gasteiger partial charge in [0.25, 0.3) is 0 Å². The molecule has 0 aliphatic heterocycles. The molecule has 1 rings (SSSR count). The molecule has 10 heteroatoms. The lowest BCUT2D eigenvalue weighted by Gasteiger charge is -2.08. The minimum atomic E-state index is -1.04. The number of carboxylic acids is 1. The largest absolute Gasteiger partial charge is 0.478 e. The van der Waals surface area contributed by atoms with Crippen LogP contribution < -0.4 is 4.74 Å². The van der Waals surface area contributed by atoms with Crippen molar-refractivity contribution in [2.24, 2.45) is 0 Å². The van der Waals surface area contributed by atoms with E-state index in [4.69, 9.17) is 38.3 Å². The van der Waals surface area contributed by atoms with Crippen molar-refractivity contribution in [3.8, 4) is 5.75 Å². The Bertz CT molecular complexity index is 620. The predicted octanol–water partition coefficient (Wildman–Crippen LogP) is 2.19. The van der Waals surface area contributed by atoms with Crippen molar-refractivity contribution in [3.05, 3.63) is 29.8 Å². The molecule has 0 amide bonds. The summed E-state index contributed by atoms with van der Waals surface area (Å²) in [4.78, 5) is 22.5. The molecule has 0 aliphatic rings. The van der Waals surface area contributed by atoms with Gasteiger partial charge in [0.2, 0.25) is 0 Å². The van der Waals surface area contributed by atoms with Crippen molar-refractivity contribution in [1.82, 2.24) is 0 Å². The molecule has 0 bridgehead atoms. The number of rotatable bonds is 22. The molecule has 0 heterocycles. The van der Waals surface area contributed by atoms with Crippen molar-refractivity contribution < 1.29 is 47.9 Å². The summed E-state index contributed by atoms with van der Waals surface area (Å²) in [6, 6.07) is 5.62. The number of carbonyl (C=O) groups excluding carboxylic acids is 1. The van der Waals surface area contributed by atoms with Crippen LogP contribution in [0.4, 0.5) is 0 Å². The molecule has 0 atom stereocenters. The Hall–Kier alpha value is -2.08. The normalized spacial score (nSPS) is 10.9. The number of esters is 1. The first-order valence-corrected chi connectivity index (χ1v) is 11.1. The smallest absolute Gasteiger partial charge is 0.335 e. The maximum absolute atomic E-state index is 11.7. The van der Waals surface area contributed by atoms with Gasteiger partial charge in [-0.15, -0.1) is 0 Å². The number of carboxylic acid groups (broad SMARTS) is 1. The van der Waals surface area contributed by atoms with Crippen LogP contribution in [0.2, 0.25) is 0 Å². The highest BCUT2D eigenvalue weighted by molar-refractivity contribution is 5.87. The molecule has 1 aromatic carbocycles. The minimum absolute atomic E-state index is 0.0848. The van der Waals surface area contributed by atoms with E-state index in [9.17, 15) is 9.59 Å². The van der Waals surface area contributed by atoms with Gasteiger partial charge in [-0.2, -0.15) is 0 Å². The molecule has 33 heavy (non-hydrogen) atoms. The summed E-state index contributed by atoms with van der Waals surface area (Å²) in [6.45, 7) is 7.93. The van der Waals surface area contributed by atoms with E-state index in [1.807, 2.05) is 0 Å². The van der Waals surface area contributed by atoms with Gasteiger partial charge in [0.15, 0.2) is 0 Å². The lowest BCUT2D eigenvalue weighted by molar-refractivity contribution is -0.135. The quantitative estimate of drug-likeness (QED) is 0.153. The van der Waals surface area contributed by atoms with Crippen molar-refractivity contribution >= 4 is 11.9 Å². The van der Waals surface area contributed by atoms with Gasteiger partial charge < -0.3 is 38.3 Å². The number of hydrogen-bond acceptors (Lipinski definition) is 9. The first kappa shape index (κ1) is 29.0. The van der Waals surface area contributed by atoms with Crippen molar-refractivity contribution in [2.75, 3.05) is 79.3 Å². The molecule has 0 aromatic heterocycles. The second kappa shape index (κ2) is 20.5. The fraction of sp³-hybridized carbons (Fsp3) is 0.652. The molecule has 0 saturated carbocycles. The minimum Gasteiger partial charge on any atom is -0.478 e. The summed E-state index contributed by atoms with van der Waals surface area (Å²) in [5, 5.41) is 8.83. The molecular formula is C23H36O10. The highest BCUT2D eigenvalue weighted by Gasteiger charge is 2.07. The van der Waals surface area contributed by atoms with Gasteiger partial charge in [0.1, 0.15) is 5.75 Å². The molecule has 1 aromatic rings. The zero-order valence-corrected chi connectivity index (χ0v) is 19.3. The van der Waals surface area contributed by atoms with Crippen LogP contribution in [-0.4, -0.2) is 96.3 Å².